The molecule has 0 spiro atoms. The first-order chi connectivity index (χ1) is 11.4. The van der Waals surface area contributed by atoms with Crippen LogP contribution in [0.2, 0.25) is 0 Å². The fraction of sp³-hybridized carbons (Fsp3) is 0.316. The van der Waals surface area contributed by atoms with Gasteiger partial charge in [-0.25, -0.2) is 0 Å². The standard InChI is InChI=1S/C19H20Br2O3/c1-11-7-13(22)3-5-15(11)17(9-20)19(24)18(10-21)16-6-4-14(23)8-12(16)2/h3-8,17-18,22-23H,9-10H2,1-2H3. The number of alkyl halides is 2. The highest BCUT2D eigenvalue weighted by molar-refractivity contribution is 9.09. The number of carbonyl (C=O) groups excluding carboxylic acids is 1. The zero-order valence-corrected chi connectivity index (χ0v) is 16.8. The molecule has 2 aromatic rings. The van der Waals surface area contributed by atoms with Gasteiger partial charge in [0.1, 0.15) is 17.3 Å². The summed E-state index contributed by atoms with van der Waals surface area (Å²) in [6.07, 6.45) is 0. The molecule has 0 saturated heterocycles. The third kappa shape index (κ3) is 4.01. The van der Waals surface area contributed by atoms with E-state index in [9.17, 15) is 15.0 Å². The second-order valence-corrected chi connectivity index (χ2v) is 7.19. The van der Waals surface area contributed by atoms with Crippen molar-refractivity contribution < 1.29 is 15.0 Å². The molecule has 2 atom stereocenters. The molecule has 0 aliphatic rings. The molecule has 2 N–H and O–H groups in total. The molecular weight excluding hydrogens is 436 g/mol. The van der Waals surface area contributed by atoms with Crippen LogP contribution in [-0.4, -0.2) is 26.7 Å². The number of phenolic OH excluding ortho intramolecular Hbond substituents is 2. The molecule has 3 nitrogen and oxygen atoms in total. The first-order valence-electron chi connectivity index (χ1n) is 7.63. The molecule has 0 heterocycles. The van der Waals surface area contributed by atoms with E-state index in [-0.39, 0.29) is 29.1 Å². The summed E-state index contributed by atoms with van der Waals surface area (Å²) in [6, 6.07) is 10.2. The second-order valence-electron chi connectivity index (χ2n) is 5.90. The Bertz CT molecular complexity index is 682. The van der Waals surface area contributed by atoms with Crippen molar-refractivity contribution in [2.45, 2.75) is 25.7 Å². The van der Waals surface area contributed by atoms with E-state index in [1.807, 2.05) is 26.0 Å². The van der Waals surface area contributed by atoms with Gasteiger partial charge < -0.3 is 10.2 Å². The first kappa shape index (κ1) is 19.0. The van der Waals surface area contributed by atoms with Crippen molar-refractivity contribution in [3.05, 3.63) is 58.7 Å². The van der Waals surface area contributed by atoms with E-state index in [0.717, 1.165) is 22.3 Å². The van der Waals surface area contributed by atoms with Gasteiger partial charge in [0.15, 0.2) is 0 Å². The summed E-state index contributed by atoms with van der Waals surface area (Å²) in [5.74, 6) is -0.110. The van der Waals surface area contributed by atoms with Crippen molar-refractivity contribution in [1.82, 2.24) is 0 Å². The minimum Gasteiger partial charge on any atom is -0.508 e. The molecule has 2 aromatic carbocycles. The average Bonchev–Trinajstić information content (AvgIpc) is 2.52. The molecule has 24 heavy (non-hydrogen) atoms. The van der Waals surface area contributed by atoms with E-state index >= 15 is 0 Å². The van der Waals surface area contributed by atoms with Crippen molar-refractivity contribution >= 4 is 37.6 Å². The van der Waals surface area contributed by atoms with Crippen molar-refractivity contribution in [2.75, 3.05) is 10.7 Å². The Kier molecular flexibility index (Phi) is 6.47. The summed E-state index contributed by atoms with van der Waals surface area (Å²) in [6.45, 7) is 3.79. The zero-order chi connectivity index (χ0) is 17.9. The summed E-state index contributed by atoms with van der Waals surface area (Å²) in [4.78, 5) is 13.2. The lowest BCUT2D eigenvalue weighted by atomic mass is 9.83. The minimum absolute atomic E-state index is 0.103. The molecule has 128 valence electrons. The van der Waals surface area contributed by atoms with E-state index in [0.29, 0.717) is 10.7 Å². The Balaban J connectivity index is 2.41. The van der Waals surface area contributed by atoms with Gasteiger partial charge >= 0.3 is 0 Å². The highest BCUT2D eigenvalue weighted by atomic mass is 79.9. The second kappa shape index (κ2) is 8.17. The maximum absolute atomic E-state index is 13.2. The maximum atomic E-state index is 13.2. The first-order valence-corrected chi connectivity index (χ1v) is 9.88. The van der Waals surface area contributed by atoms with Crippen LogP contribution in [0.5, 0.6) is 11.5 Å². The lowest BCUT2D eigenvalue weighted by Gasteiger charge is -2.23. The van der Waals surface area contributed by atoms with Gasteiger partial charge in [-0.2, -0.15) is 0 Å². The molecule has 0 amide bonds. The Morgan fingerprint density at radius 1 is 0.875 bits per heavy atom. The van der Waals surface area contributed by atoms with Gasteiger partial charge in [-0.05, 0) is 60.4 Å². The number of halogens is 2. The zero-order valence-electron chi connectivity index (χ0n) is 13.6. The number of rotatable bonds is 6. The van der Waals surface area contributed by atoms with Crippen LogP contribution >= 0.6 is 31.9 Å². The van der Waals surface area contributed by atoms with E-state index in [2.05, 4.69) is 31.9 Å². The molecule has 5 heteroatoms. The molecule has 0 aliphatic carbocycles. The molecule has 0 bridgehead atoms. The number of benzene rings is 2. The van der Waals surface area contributed by atoms with Gasteiger partial charge in [0.05, 0.1) is 11.8 Å². The number of aryl methyl sites for hydroxylation is 2. The number of hydrogen-bond acceptors (Lipinski definition) is 3. The topological polar surface area (TPSA) is 57.5 Å². The SMILES string of the molecule is Cc1cc(O)ccc1C(CBr)C(=O)C(CBr)c1ccc(O)cc1C. The number of hydrogen-bond donors (Lipinski definition) is 2. The summed E-state index contributed by atoms with van der Waals surface area (Å²) >= 11 is 6.93. The summed E-state index contributed by atoms with van der Waals surface area (Å²) < 4.78 is 0. The molecule has 0 aromatic heterocycles. The predicted molar refractivity (Wildman–Crippen MR) is 104 cm³/mol. The maximum Gasteiger partial charge on any atom is 0.149 e. The average molecular weight is 456 g/mol. The highest BCUT2D eigenvalue weighted by Gasteiger charge is 2.30. The Labute approximate surface area is 159 Å². The fourth-order valence-electron chi connectivity index (χ4n) is 2.97. The van der Waals surface area contributed by atoms with Gasteiger partial charge in [-0.15, -0.1) is 0 Å². The monoisotopic (exact) mass is 454 g/mol. The number of aromatic hydroxyl groups is 2. The van der Waals surface area contributed by atoms with Crippen LogP contribution in [0.4, 0.5) is 0 Å². The van der Waals surface area contributed by atoms with Crippen LogP contribution in [0.1, 0.15) is 34.1 Å². The van der Waals surface area contributed by atoms with Crippen LogP contribution in [0.3, 0.4) is 0 Å². The van der Waals surface area contributed by atoms with E-state index in [4.69, 9.17) is 0 Å². The van der Waals surface area contributed by atoms with E-state index in [1.165, 1.54) is 0 Å². The lowest BCUT2D eigenvalue weighted by molar-refractivity contribution is -0.121. The number of ketones is 1. The smallest absolute Gasteiger partial charge is 0.149 e. The molecule has 2 unspecified atom stereocenters. The molecule has 0 saturated carbocycles. The van der Waals surface area contributed by atoms with Crippen LogP contribution in [0.25, 0.3) is 0 Å². The molecule has 0 radical (unpaired) electrons. The van der Waals surface area contributed by atoms with Crippen LogP contribution < -0.4 is 0 Å². The quantitative estimate of drug-likeness (QED) is 0.606. The minimum atomic E-state index is -0.304. The van der Waals surface area contributed by atoms with Crippen molar-refractivity contribution in [3.8, 4) is 11.5 Å². The molecule has 2 rings (SSSR count). The normalized spacial score (nSPS) is 13.5. The largest absolute Gasteiger partial charge is 0.508 e. The van der Waals surface area contributed by atoms with E-state index in [1.54, 1.807) is 24.3 Å². The summed E-state index contributed by atoms with van der Waals surface area (Å²) in [5.41, 5.74) is 3.61. The predicted octanol–water partition coefficient (Wildman–Crippen LogP) is 4.94. The van der Waals surface area contributed by atoms with Gasteiger partial charge in [-0.1, -0.05) is 44.0 Å². The molecule has 0 fully saturated rings. The number of carbonyl (C=O) groups is 1. The fourth-order valence-corrected chi connectivity index (χ4v) is 4.31. The molecule has 0 aliphatic heterocycles. The lowest BCUT2D eigenvalue weighted by Crippen LogP contribution is -2.24. The Morgan fingerprint density at radius 2 is 1.25 bits per heavy atom. The van der Waals surface area contributed by atoms with Gasteiger partial charge in [0, 0.05) is 10.7 Å². The van der Waals surface area contributed by atoms with Crippen molar-refractivity contribution in [3.63, 3.8) is 0 Å². The van der Waals surface area contributed by atoms with Crippen LogP contribution in [0, 0.1) is 13.8 Å². The summed E-state index contributed by atoms with van der Waals surface area (Å²) in [7, 11) is 0. The van der Waals surface area contributed by atoms with Crippen molar-refractivity contribution in [2.24, 2.45) is 0 Å². The van der Waals surface area contributed by atoms with E-state index < -0.39 is 0 Å². The number of phenols is 2. The van der Waals surface area contributed by atoms with Crippen LogP contribution in [-0.2, 0) is 4.79 Å². The third-order valence-corrected chi connectivity index (χ3v) is 5.55. The Hall–Kier alpha value is -1.33. The van der Waals surface area contributed by atoms with Gasteiger partial charge in [0.2, 0.25) is 0 Å². The highest BCUT2D eigenvalue weighted by Crippen LogP contribution is 2.34. The van der Waals surface area contributed by atoms with Crippen LogP contribution in [0.15, 0.2) is 36.4 Å². The third-order valence-electron chi connectivity index (χ3n) is 4.25. The number of Topliss-reactive ketones (excluding diaryl/α,β-unsaturated/α-hetero) is 1. The van der Waals surface area contributed by atoms with Gasteiger partial charge in [-0.3, -0.25) is 4.79 Å². The van der Waals surface area contributed by atoms with Crippen molar-refractivity contribution in [1.29, 1.82) is 0 Å². The summed E-state index contributed by atoms with van der Waals surface area (Å²) in [5, 5.41) is 20.2. The Morgan fingerprint density at radius 3 is 1.54 bits per heavy atom. The van der Waals surface area contributed by atoms with Gasteiger partial charge in [0.25, 0.3) is 0 Å². The molecular formula is C19H20Br2O3.